The minimum Gasteiger partial charge on any atom is -0.280 e. The molecule has 0 unspecified atom stereocenters. The highest BCUT2D eigenvalue weighted by Crippen LogP contribution is 2.26. The molecule has 1 heterocycles. The van der Waals surface area contributed by atoms with Gasteiger partial charge in [-0.25, -0.2) is 8.42 Å². The number of anilines is 1. The maximum atomic E-state index is 12.4. The Kier molecular flexibility index (Phi) is 3.05. The quantitative estimate of drug-likeness (QED) is 0.911. The molecule has 1 aromatic heterocycles. The first-order chi connectivity index (χ1) is 9.47. The molecule has 0 saturated carbocycles. The molecule has 0 saturated heterocycles. The lowest BCUT2D eigenvalue weighted by Gasteiger charge is -2.08. The summed E-state index contributed by atoms with van der Waals surface area (Å²) in [6.07, 6.45) is 3.10. The largest absolute Gasteiger partial charge is 0.280 e. The van der Waals surface area contributed by atoms with Gasteiger partial charge in [-0.1, -0.05) is 6.07 Å². The number of benzene rings is 1. The fourth-order valence-electron chi connectivity index (χ4n) is 2.49. The highest BCUT2D eigenvalue weighted by atomic mass is 32.2. The van der Waals surface area contributed by atoms with E-state index in [2.05, 4.69) is 14.9 Å². The van der Waals surface area contributed by atoms with Crippen LogP contribution in [0.15, 0.2) is 23.1 Å². The van der Waals surface area contributed by atoms with Crippen molar-refractivity contribution in [2.75, 3.05) is 4.72 Å². The van der Waals surface area contributed by atoms with Gasteiger partial charge in [-0.15, -0.1) is 0 Å². The van der Waals surface area contributed by atoms with Gasteiger partial charge >= 0.3 is 0 Å². The lowest BCUT2D eigenvalue weighted by Crippen LogP contribution is -2.14. The lowest BCUT2D eigenvalue weighted by molar-refractivity contribution is 0.601. The van der Waals surface area contributed by atoms with E-state index in [1.807, 2.05) is 19.9 Å². The van der Waals surface area contributed by atoms with Gasteiger partial charge in [-0.3, -0.25) is 9.82 Å². The van der Waals surface area contributed by atoms with Crippen LogP contribution in [-0.4, -0.2) is 18.6 Å². The Morgan fingerprint density at radius 3 is 2.65 bits per heavy atom. The number of hydrogen-bond acceptors (Lipinski definition) is 3. The third kappa shape index (κ3) is 2.20. The summed E-state index contributed by atoms with van der Waals surface area (Å²) in [6, 6.07) is 5.36. The van der Waals surface area contributed by atoms with Crippen molar-refractivity contribution in [2.24, 2.45) is 0 Å². The number of aromatic nitrogens is 2. The standard InChI is InChI=1S/C14H17N3O2S/c1-9-10(2)15-16-14(9)17-20(18,19)13-7-6-11-4-3-5-12(11)8-13/h6-8H,3-5H2,1-2H3,(H2,15,16,17). The van der Waals surface area contributed by atoms with E-state index >= 15 is 0 Å². The van der Waals surface area contributed by atoms with Crippen LogP contribution in [0.1, 0.15) is 28.8 Å². The van der Waals surface area contributed by atoms with Crippen LogP contribution in [0.4, 0.5) is 5.82 Å². The molecule has 5 nitrogen and oxygen atoms in total. The van der Waals surface area contributed by atoms with Crippen LogP contribution in [0.25, 0.3) is 0 Å². The predicted octanol–water partition coefficient (Wildman–Crippen LogP) is 2.32. The average molecular weight is 291 g/mol. The van der Waals surface area contributed by atoms with Gasteiger partial charge in [0.1, 0.15) is 0 Å². The molecule has 0 atom stereocenters. The first-order valence-electron chi connectivity index (χ1n) is 6.63. The zero-order valence-corrected chi connectivity index (χ0v) is 12.3. The number of aryl methyl sites for hydroxylation is 3. The second-order valence-corrected chi connectivity index (χ2v) is 6.89. The number of nitrogens with zero attached hydrogens (tertiary/aromatic N) is 1. The van der Waals surface area contributed by atoms with Crippen molar-refractivity contribution in [1.82, 2.24) is 10.2 Å². The lowest BCUT2D eigenvalue weighted by atomic mass is 10.1. The van der Waals surface area contributed by atoms with E-state index in [0.717, 1.165) is 36.1 Å². The van der Waals surface area contributed by atoms with Crippen LogP contribution >= 0.6 is 0 Å². The molecule has 6 heteroatoms. The van der Waals surface area contributed by atoms with Gasteiger partial charge < -0.3 is 0 Å². The molecule has 0 spiro atoms. The Morgan fingerprint density at radius 2 is 1.95 bits per heavy atom. The maximum absolute atomic E-state index is 12.4. The van der Waals surface area contributed by atoms with Gasteiger partial charge in [0.25, 0.3) is 10.0 Å². The summed E-state index contributed by atoms with van der Waals surface area (Å²) in [6.45, 7) is 3.69. The molecule has 0 radical (unpaired) electrons. The molecule has 0 aliphatic heterocycles. The Labute approximate surface area is 118 Å². The topological polar surface area (TPSA) is 74.8 Å². The second-order valence-electron chi connectivity index (χ2n) is 5.21. The van der Waals surface area contributed by atoms with E-state index in [-0.39, 0.29) is 0 Å². The molecule has 2 N–H and O–H groups in total. The smallest absolute Gasteiger partial charge is 0.263 e. The number of fused-ring (bicyclic) bond motifs is 1. The Balaban J connectivity index is 1.94. The van der Waals surface area contributed by atoms with E-state index in [9.17, 15) is 8.42 Å². The third-order valence-electron chi connectivity index (χ3n) is 3.86. The van der Waals surface area contributed by atoms with E-state index in [1.165, 1.54) is 5.56 Å². The molecule has 2 aromatic rings. The minimum atomic E-state index is -3.58. The fraction of sp³-hybridized carbons (Fsp3) is 0.357. The molecule has 0 bridgehead atoms. The zero-order valence-electron chi connectivity index (χ0n) is 11.5. The first-order valence-corrected chi connectivity index (χ1v) is 8.12. The molecule has 0 amide bonds. The monoisotopic (exact) mass is 291 g/mol. The molecule has 106 valence electrons. The molecule has 3 rings (SSSR count). The van der Waals surface area contributed by atoms with E-state index in [1.54, 1.807) is 12.1 Å². The summed E-state index contributed by atoms with van der Waals surface area (Å²) in [5, 5.41) is 6.76. The van der Waals surface area contributed by atoms with Crippen molar-refractivity contribution in [3.63, 3.8) is 0 Å². The normalized spacial score (nSPS) is 14.3. The van der Waals surface area contributed by atoms with Crippen molar-refractivity contribution in [3.8, 4) is 0 Å². The van der Waals surface area contributed by atoms with Crippen molar-refractivity contribution in [1.29, 1.82) is 0 Å². The van der Waals surface area contributed by atoms with E-state index in [4.69, 9.17) is 0 Å². The molecule has 1 aromatic carbocycles. The number of rotatable bonds is 3. The summed E-state index contributed by atoms with van der Waals surface area (Å²) in [4.78, 5) is 0.304. The number of H-pyrrole nitrogens is 1. The van der Waals surface area contributed by atoms with Crippen molar-refractivity contribution >= 4 is 15.8 Å². The van der Waals surface area contributed by atoms with Crippen molar-refractivity contribution in [3.05, 3.63) is 40.6 Å². The van der Waals surface area contributed by atoms with Crippen LogP contribution < -0.4 is 4.72 Å². The van der Waals surface area contributed by atoms with Crippen molar-refractivity contribution in [2.45, 2.75) is 38.0 Å². The number of hydrogen-bond donors (Lipinski definition) is 2. The van der Waals surface area contributed by atoms with E-state index < -0.39 is 10.0 Å². The first kappa shape index (κ1) is 13.2. The van der Waals surface area contributed by atoms with Crippen LogP contribution in [0, 0.1) is 13.8 Å². The van der Waals surface area contributed by atoms with Crippen LogP contribution in [0.5, 0.6) is 0 Å². The number of aromatic amines is 1. The van der Waals surface area contributed by atoms with Gasteiger partial charge in [0.05, 0.1) is 4.90 Å². The van der Waals surface area contributed by atoms with Crippen LogP contribution in [0.3, 0.4) is 0 Å². The molecule has 1 aliphatic rings. The maximum Gasteiger partial charge on any atom is 0.263 e. The summed E-state index contributed by atoms with van der Waals surface area (Å²) >= 11 is 0. The van der Waals surface area contributed by atoms with Gasteiger partial charge in [0.2, 0.25) is 0 Å². The zero-order chi connectivity index (χ0) is 14.3. The number of sulfonamides is 1. The summed E-state index contributed by atoms with van der Waals surface area (Å²) in [5.41, 5.74) is 4.07. The second kappa shape index (κ2) is 4.63. The van der Waals surface area contributed by atoms with Gasteiger partial charge in [0.15, 0.2) is 5.82 Å². The van der Waals surface area contributed by atoms with E-state index in [0.29, 0.717) is 10.7 Å². The Hall–Kier alpha value is -1.82. The van der Waals surface area contributed by atoms with Crippen molar-refractivity contribution < 1.29 is 8.42 Å². The highest BCUT2D eigenvalue weighted by molar-refractivity contribution is 7.92. The molecular weight excluding hydrogens is 274 g/mol. The SMILES string of the molecule is Cc1[nH]nc(NS(=O)(=O)c2ccc3c(c2)CCC3)c1C. The summed E-state index contributed by atoms with van der Waals surface area (Å²) < 4.78 is 27.3. The predicted molar refractivity (Wildman–Crippen MR) is 77.3 cm³/mol. The van der Waals surface area contributed by atoms with Crippen LogP contribution in [0.2, 0.25) is 0 Å². The fourth-order valence-corrected chi connectivity index (χ4v) is 3.60. The molecule has 20 heavy (non-hydrogen) atoms. The van der Waals surface area contributed by atoms with Crippen LogP contribution in [-0.2, 0) is 22.9 Å². The molecular formula is C14H17N3O2S. The third-order valence-corrected chi connectivity index (χ3v) is 5.20. The number of nitrogens with one attached hydrogen (secondary N) is 2. The average Bonchev–Trinajstić information content (AvgIpc) is 2.99. The van der Waals surface area contributed by atoms with Gasteiger partial charge in [-0.2, -0.15) is 5.10 Å². The summed E-state index contributed by atoms with van der Waals surface area (Å²) in [7, 11) is -3.58. The van der Waals surface area contributed by atoms with Gasteiger partial charge in [0, 0.05) is 11.3 Å². The Bertz CT molecular complexity index is 763. The molecule has 1 aliphatic carbocycles. The molecule has 0 fully saturated rings. The highest BCUT2D eigenvalue weighted by Gasteiger charge is 2.20. The summed E-state index contributed by atoms with van der Waals surface area (Å²) in [5.74, 6) is 0.364. The Morgan fingerprint density at radius 1 is 1.20 bits per heavy atom. The minimum absolute atomic E-state index is 0.304. The van der Waals surface area contributed by atoms with Gasteiger partial charge in [-0.05, 0) is 56.4 Å².